The Labute approximate surface area is 119 Å². The molecule has 1 aromatic heterocycles. The summed E-state index contributed by atoms with van der Waals surface area (Å²) in [6.07, 6.45) is 2.42. The molecule has 106 valence electrons. The van der Waals surface area contributed by atoms with Gasteiger partial charge < -0.3 is 9.30 Å². The van der Waals surface area contributed by atoms with E-state index < -0.39 is 0 Å². The Bertz CT molecular complexity index is 652. The Morgan fingerprint density at radius 2 is 2.10 bits per heavy atom. The lowest BCUT2D eigenvalue weighted by Gasteiger charge is -2.13. The lowest BCUT2D eigenvalue weighted by Crippen LogP contribution is -2.03. The van der Waals surface area contributed by atoms with Crippen LogP contribution in [-0.2, 0) is 16.6 Å². The first-order valence-corrected chi connectivity index (χ1v) is 6.82. The number of carbonyl (C=O) groups excluding carboxylic acids is 1. The van der Waals surface area contributed by atoms with E-state index in [-0.39, 0.29) is 5.97 Å². The highest BCUT2D eigenvalue weighted by atomic mass is 16.5. The molecule has 3 heteroatoms. The van der Waals surface area contributed by atoms with Crippen molar-refractivity contribution in [2.45, 2.75) is 26.2 Å². The van der Waals surface area contributed by atoms with Gasteiger partial charge in [0.2, 0.25) is 0 Å². The van der Waals surface area contributed by atoms with Gasteiger partial charge in [0.1, 0.15) is 0 Å². The van der Waals surface area contributed by atoms with Crippen molar-refractivity contribution in [3.63, 3.8) is 0 Å². The van der Waals surface area contributed by atoms with Crippen LogP contribution in [0.5, 0.6) is 0 Å². The summed E-state index contributed by atoms with van der Waals surface area (Å²) in [5.41, 5.74) is 3.56. The Morgan fingerprint density at radius 3 is 2.75 bits per heavy atom. The molecule has 1 unspecified atom stereocenters. The SMILES string of the molecule is COC(=O)/C=C(\C)CC(C)c1cc2ccccc2n1C. The number of esters is 1. The molecule has 0 radical (unpaired) electrons. The summed E-state index contributed by atoms with van der Waals surface area (Å²) in [7, 11) is 3.49. The highest BCUT2D eigenvalue weighted by Crippen LogP contribution is 2.28. The van der Waals surface area contributed by atoms with E-state index in [9.17, 15) is 4.79 Å². The third-order valence-corrected chi connectivity index (χ3v) is 3.69. The van der Waals surface area contributed by atoms with Crippen molar-refractivity contribution >= 4 is 16.9 Å². The summed E-state index contributed by atoms with van der Waals surface area (Å²) in [5.74, 6) is 0.0695. The van der Waals surface area contributed by atoms with Crippen molar-refractivity contribution in [3.05, 3.63) is 47.7 Å². The molecule has 0 saturated heterocycles. The van der Waals surface area contributed by atoms with E-state index in [0.29, 0.717) is 5.92 Å². The van der Waals surface area contributed by atoms with Gasteiger partial charge in [-0.3, -0.25) is 0 Å². The summed E-state index contributed by atoms with van der Waals surface area (Å²) in [4.78, 5) is 11.2. The zero-order valence-electron chi connectivity index (χ0n) is 12.5. The van der Waals surface area contributed by atoms with Crippen LogP contribution in [0, 0.1) is 0 Å². The minimum absolute atomic E-state index is 0.285. The molecule has 0 bridgehead atoms. The number of ether oxygens (including phenoxy) is 1. The summed E-state index contributed by atoms with van der Waals surface area (Å²) in [5, 5.41) is 1.26. The first-order chi connectivity index (χ1) is 9.52. The number of nitrogens with zero attached hydrogens (tertiary/aromatic N) is 1. The second kappa shape index (κ2) is 5.95. The maximum atomic E-state index is 11.2. The topological polar surface area (TPSA) is 31.2 Å². The maximum Gasteiger partial charge on any atom is 0.330 e. The molecule has 0 N–H and O–H groups in total. The van der Waals surface area contributed by atoms with Gasteiger partial charge in [0.25, 0.3) is 0 Å². The third-order valence-electron chi connectivity index (χ3n) is 3.69. The maximum absolute atomic E-state index is 11.2. The van der Waals surface area contributed by atoms with Gasteiger partial charge in [0.15, 0.2) is 0 Å². The predicted octanol–water partition coefficient (Wildman–Crippen LogP) is 3.79. The van der Waals surface area contributed by atoms with E-state index in [1.807, 2.05) is 6.92 Å². The second-order valence-corrected chi connectivity index (χ2v) is 5.31. The molecule has 0 aliphatic carbocycles. The molecule has 2 rings (SSSR count). The largest absolute Gasteiger partial charge is 0.466 e. The van der Waals surface area contributed by atoms with Crippen molar-refractivity contribution in [1.82, 2.24) is 4.57 Å². The Balaban J connectivity index is 2.23. The average Bonchev–Trinajstić information content (AvgIpc) is 2.76. The van der Waals surface area contributed by atoms with E-state index >= 15 is 0 Å². The van der Waals surface area contributed by atoms with Gasteiger partial charge in [-0.1, -0.05) is 30.7 Å². The van der Waals surface area contributed by atoms with Crippen molar-refractivity contribution in [3.8, 4) is 0 Å². The van der Waals surface area contributed by atoms with Crippen LogP contribution in [0.2, 0.25) is 0 Å². The molecule has 0 aliphatic heterocycles. The number of hydrogen-bond acceptors (Lipinski definition) is 2. The van der Waals surface area contributed by atoms with Crippen LogP contribution in [-0.4, -0.2) is 17.6 Å². The highest BCUT2D eigenvalue weighted by molar-refractivity contribution is 5.83. The average molecular weight is 271 g/mol. The molecule has 1 aromatic carbocycles. The zero-order chi connectivity index (χ0) is 14.7. The van der Waals surface area contributed by atoms with Gasteiger partial charge in [0.05, 0.1) is 7.11 Å². The van der Waals surface area contributed by atoms with Crippen LogP contribution in [0.15, 0.2) is 42.0 Å². The molecular formula is C17H21NO2. The van der Waals surface area contributed by atoms with Crippen molar-refractivity contribution in [2.24, 2.45) is 7.05 Å². The molecule has 0 amide bonds. The Hall–Kier alpha value is -2.03. The minimum atomic E-state index is -0.285. The van der Waals surface area contributed by atoms with Crippen LogP contribution in [0.4, 0.5) is 0 Å². The van der Waals surface area contributed by atoms with Crippen LogP contribution in [0.3, 0.4) is 0 Å². The normalized spacial score (nSPS) is 13.5. The van der Waals surface area contributed by atoms with Gasteiger partial charge in [-0.2, -0.15) is 0 Å². The van der Waals surface area contributed by atoms with Crippen molar-refractivity contribution in [2.75, 3.05) is 7.11 Å². The fourth-order valence-corrected chi connectivity index (χ4v) is 2.69. The van der Waals surface area contributed by atoms with E-state index in [0.717, 1.165) is 12.0 Å². The molecule has 0 spiro atoms. The number of fused-ring (bicyclic) bond motifs is 1. The molecule has 2 aromatic rings. The number of carbonyl (C=O) groups is 1. The quantitative estimate of drug-likeness (QED) is 0.626. The van der Waals surface area contributed by atoms with Gasteiger partial charge in [-0.05, 0) is 30.9 Å². The Morgan fingerprint density at radius 1 is 1.40 bits per heavy atom. The highest BCUT2D eigenvalue weighted by Gasteiger charge is 2.13. The first kappa shape index (κ1) is 14.4. The summed E-state index contributed by atoms with van der Waals surface area (Å²) in [6.45, 7) is 4.15. The lowest BCUT2D eigenvalue weighted by molar-refractivity contribution is -0.134. The first-order valence-electron chi connectivity index (χ1n) is 6.82. The minimum Gasteiger partial charge on any atom is -0.466 e. The molecule has 1 heterocycles. The number of methoxy groups -OCH3 is 1. The zero-order valence-corrected chi connectivity index (χ0v) is 12.5. The standard InChI is InChI=1S/C17H21NO2/c1-12(10-17(19)20-4)9-13(2)16-11-14-7-5-6-8-15(14)18(16)3/h5-8,10-11,13H,9H2,1-4H3/b12-10+. The van der Waals surface area contributed by atoms with Crippen LogP contribution >= 0.6 is 0 Å². The van der Waals surface area contributed by atoms with E-state index in [2.05, 4.69) is 53.6 Å². The summed E-state index contributed by atoms with van der Waals surface area (Å²) < 4.78 is 6.89. The number of rotatable bonds is 4. The van der Waals surface area contributed by atoms with Gasteiger partial charge >= 0.3 is 5.97 Å². The number of aromatic nitrogens is 1. The predicted molar refractivity (Wildman–Crippen MR) is 81.7 cm³/mol. The lowest BCUT2D eigenvalue weighted by atomic mass is 9.98. The van der Waals surface area contributed by atoms with Gasteiger partial charge in [0, 0.05) is 30.3 Å². The number of hydrogen-bond donors (Lipinski definition) is 0. The number of benzene rings is 1. The van der Waals surface area contributed by atoms with Crippen molar-refractivity contribution < 1.29 is 9.53 Å². The molecule has 20 heavy (non-hydrogen) atoms. The van der Waals surface area contributed by atoms with E-state index in [4.69, 9.17) is 0 Å². The summed E-state index contributed by atoms with van der Waals surface area (Å²) in [6, 6.07) is 10.6. The van der Waals surface area contributed by atoms with Crippen LogP contribution < -0.4 is 0 Å². The second-order valence-electron chi connectivity index (χ2n) is 5.31. The number of allylic oxidation sites excluding steroid dienone is 1. The molecule has 1 atom stereocenters. The van der Waals surface area contributed by atoms with E-state index in [1.165, 1.54) is 23.7 Å². The molecule has 0 fully saturated rings. The molecule has 3 nitrogen and oxygen atoms in total. The van der Waals surface area contributed by atoms with E-state index in [1.54, 1.807) is 6.08 Å². The van der Waals surface area contributed by atoms with Crippen LogP contribution in [0.25, 0.3) is 10.9 Å². The van der Waals surface area contributed by atoms with Crippen molar-refractivity contribution in [1.29, 1.82) is 0 Å². The number of aryl methyl sites for hydroxylation is 1. The fraction of sp³-hybridized carbons (Fsp3) is 0.353. The van der Waals surface area contributed by atoms with Gasteiger partial charge in [-0.15, -0.1) is 0 Å². The molecular weight excluding hydrogens is 250 g/mol. The Kier molecular flexibility index (Phi) is 4.28. The smallest absolute Gasteiger partial charge is 0.330 e. The van der Waals surface area contributed by atoms with Crippen LogP contribution in [0.1, 0.15) is 31.9 Å². The molecule has 0 saturated carbocycles. The number of para-hydroxylation sites is 1. The fourth-order valence-electron chi connectivity index (χ4n) is 2.69. The monoisotopic (exact) mass is 271 g/mol. The molecule has 0 aliphatic rings. The third kappa shape index (κ3) is 2.93. The summed E-state index contributed by atoms with van der Waals surface area (Å²) >= 11 is 0. The van der Waals surface area contributed by atoms with Gasteiger partial charge in [-0.25, -0.2) is 4.79 Å².